The minimum Gasteiger partial charge on any atom is -0.481 e. The zero-order valence-corrected chi connectivity index (χ0v) is 12.1. The van der Waals surface area contributed by atoms with Gasteiger partial charge in [0, 0.05) is 32.6 Å². The van der Waals surface area contributed by atoms with Gasteiger partial charge < -0.3 is 15.0 Å². The summed E-state index contributed by atoms with van der Waals surface area (Å²) < 4.78 is 1.99. The van der Waals surface area contributed by atoms with Gasteiger partial charge in [-0.05, 0) is 7.05 Å². The summed E-state index contributed by atoms with van der Waals surface area (Å²) in [7, 11) is 2.10. The van der Waals surface area contributed by atoms with Crippen LogP contribution in [0.5, 0.6) is 0 Å². The largest absolute Gasteiger partial charge is 0.481 e. The van der Waals surface area contributed by atoms with Gasteiger partial charge in [-0.1, -0.05) is 18.7 Å². The number of nitrogens with zero attached hydrogens (tertiary/aromatic N) is 5. The van der Waals surface area contributed by atoms with Crippen LogP contribution in [0.15, 0.2) is 5.16 Å². The molecule has 0 radical (unpaired) electrons. The van der Waals surface area contributed by atoms with E-state index in [4.69, 9.17) is 5.11 Å². The van der Waals surface area contributed by atoms with E-state index in [1.165, 1.54) is 11.8 Å². The Morgan fingerprint density at radius 2 is 2.00 bits per heavy atom. The smallest absolute Gasteiger partial charge is 0.313 e. The average molecular weight is 285 g/mol. The lowest BCUT2D eigenvalue weighted by Gasteiger charge is -2.35. The Bertz CT molecular complexity index is 442. The van der Waals surface area contributed by atoms with E-state index >= 15 is 0 Å². The number of piperazine rings is 1. The van der Waals surface area contributed by atoms with Gasteiger partial charge in [-0.25, -0.2) is 4.68 Å². The van der Waals surface area contributed by atoms with Crippen molar-refractivity contribution in [2.45, 2.75) is 18.5 Å². The quantitative estimate of drug-likeness (QED) is 0.757. The van der Waals surface area contributed by atoms with Crippen molar-refractivity contribution >= 4 is 17.7 Å². The van der Waals surface area contributed by atoms with Crippen LogP contribution in [0.25, 0.3) is 0 Å². The van der Waals surface area contributed by atoms with E-state index < -0.39 is 5.97 Å². The van der Waals surface area contributed by atoms with E-state index in [1.54, 1.807) is 0 Å². The molecule has 7 nitrogen and oxygen atoms in total. The van der Waals surface area contributed by atoms with Crippen molar-refractivity contribution in [1.82, 2.24) is 19.8 Å². The van der Waals surface area contributed by atoms with Crippen molar-refractivity contribution in [1.29, 1.82) is 0 Å². The number of aromatic nitrogens is 3. The lowest BCUT2D eigenvalue weighted by molar-refractivity contribution is -0.133. The second-order valence-corrected chi connectivity index (χ2v) is 5.45. The van der Waals surface area contributed by atoms with Crippen molar-refractivity contribution in [2.24, 2.45) is 0 Å². The molecule has 1 aliphatic heterocycles. The highest BCUT2D eigenvalue weighted by Gasteiger charge is 2.21. The third-order valence-electron chi connectivity index (χ3n) is 3.08. The minimum absolute atomic E-state index is 0.00951. The SMILES string of the molecule is CCc1nnc(SCC(=O)O)n1N1CCN(C)CC1. The first kappa shape index (κ1) is 14.1. The van der Waals surface area contributed by atoms with Gasteiger partial charge in [0.15, 0.2) is 5.82 Å². The van der Waals surface area contributed by atoms with Crippen LogP contribution in [0.2, 0.25) is 0 Å². The second kappa shape index (κ2) is 6.25. The molecule has 8 heteroatoms. The Morgan fingerprint density at radius 3 is 2.58 bits per heavy atom. The van der Waals surface area contributed by atoms with Gasteiger partial charge in [0.25, 0.3) is 0 Å². The van der Waals surface area contributed by atoms with E-state index in [1.807, 2.05) is 11.6 Å². The Hall–Kier alpha value is -1.28. The zero-order chi connectivity index (χ0) is 13.8. The number of carboxylic acid groups (broad SMARTS) is 1. The van der Waals surface area contributed by atoms with E-state index in [9.17, 15) is 4.79 Å². The first-order chi connectivity index (χ1) is 9.11. The normalized spacial score (nSPS) is 16.8. The fraction of sp³-hybridized carbons (Fsp3) is 0.727. The molecule has 1 aromatic rings. The Balaban J connectivity index is 2.16. The molecular weight excluding hydrogens is 266 g/mol. The van der Waals surface area contributed by atoms with Gasteiger partial charge in [0.1, 0.15) is 0 Å². The molecule has 0 unspecified atom stereocenters. The number of rotatable bonds is 5. The predicted octanol–water partition coefficient (Wildman–Crippen LogP) is -0.0994. The summed E-state index contributed by atoms with van der Waals surface area (Å²) in [4.78, 5) is 13.0. The molecule has 0 saturated carbocycles. The summed E-state index contributed by atoms with van der Waals surface area (Å²) in [5.41, 5.74) is 0. The topological polar surface area (TPSA) is 74.5 Å². The summed E-state index contributed by atoms with van der Waals surface area (Å²) in [6.45, 7) is 5.82. The molecule has 0 aliphatic carbocycles. The summed E-state index contributed by atoms with van der Waals surface area (Å²) in [5, 5.41) is 19.9. The third kappa shape index (κ3) is 3.38. The lowest BCUT2D eigenvalue weighted by Crippen LogP contribution is -2.50. The lowest BCUT2D eigenvalue weighted by atomic mass is 10.4. The van der Waals surface area contributed by atoms with Crippen LogP contribution in [0, 0.1) is 0 Å². The highest BCUT2D eigenvalue weighted by Crippen LogP contribution is 2.18. The summed E-state index contributed by atoms with van der Waals surface area (Å²) >= 11 is 1.22. The van der Waals surface area contributed by atoms with Gasteiger partial charge in [-0.15, -0.1) is 10.2 Å². The van der Waals surface area contributed by atoms with Crippen molar-refractivity contribution in [3.8, 4) is 0 Å². The van der Waals surface area contributed by atoms with Crippen LogP contribution in [0.3, 0.4) is 0 Å². The molecular formula is C11H19N5O2S. The van der Waals surface area contributed by atoms with E-state index in [0.717, 1.165) is 38.4 Å². The van der Waals surface area contributed by atoms with Gasteiger partial charge in [-0.3, -0.25) is 4.79 Å². The van der Waals surface area contributed by atoms with Crippen LogP contribution in [0.1, 0.15) is 12.7 Å². The predicted molar refractivity (Wildman–Crippen MR) is 73.2 cm³/mol. The first-order valence-electron chi connectivity index (χ1n) is 6.34. The maximum Gasteiger partial charge on any atom is 0.313 e. The maximum atomic E-state index is 10.7. The van der Waals surface area contributed by atoms with Crippen LogP contribution >= 0.6 is 11.8 Å². The molecule has 1 aromatic heterocycles. The molecule has 1 fully saturated rings. The molecule has 106 valence electrons. The molecule has 0 atom stereocenters. The van der Waals surface area contributed by atoms with E-state index in [-0.39, 0.29) is 5.75 Å². The molecule has 1 saturated heterocycles. The number of hydrogen-bond acceptors (Lipinski definition) is 6. The molecule has 1 aliphatic rings. The molecule has 0 aromatic carbocycles. The van der Waals surface area contributed by atoms with Gasteiger partial charge in [-0.2, -0.15) is 0 Å². The number of aryl methyl sites for hydroxylation is 1. The molecule has 0 spiro atoms. The Morgan fingerprint density at radius 1 is 1.32 bits per heavy atom. The Kier molecular flexibility index (Phi) is 4.65. The number of hydrogen-bond donors (Lipinski definition) is 1. The number of aliphatic carboxylic acids is 1. The molecule has 0 amide bonds. The molecule has 19 heavy (non-hydrogen) atoms. The van der Waals surface area contributed by atoms with Crippen molar-refractivity contribution in [3.63, 3.8) is 0 Å². The van der Waals surface area contributed by atoms with Crippen molar-refractivity contribution < 1.29 is 9.90 Å². The molecule has 2 rings (SSSR count). The molecule has 0 bridgehead atoms. The fourth-order valence-corrected chi connectivity index (χ4v) is 2.71. The molecule has 2 heterocycles. The number of carboxylic acids is 1. The standard InChI is InChI=1S/C11H19N5O2S/c1-3-9-12-13-11(19-8-10(17)18)16(9)15-6-4-14(2)5-7-15/h3-8H2,1-2H3,(H,17,18). The van der Waals surface area contributed by atoms with Gasteiger partial charge in [0.2, 0.25) is 5.16 Å². The van der Waals surface area contributed by atoms with Crippen molar-refractivity contribution in [3.05, 3.63) is 5.82 Å². The number of thioether (sulfide) groups is 1. The monoisotopic (exact) mass is 285 g/mol. The fourth-order valence-electron chi connectivity index (χ4n) is 2.01. The average Bonchev–Trinajstić information content (AvgIpc) is 2.80. The van der Waals surface area contributed by atoms with Crippen LogP contribution < -0.4 is 5.01 Å². The van der Waals surface area contributed by atoms with Gasteiger partial charge in [0.05, 0.1) is 5.75 Å². The number of likely N-dealkylation sites (N-methyl/N-ethyl adjacent to an activating group) is 1. The minimum atomic E-state index is -0.837. The highest BCUT2D eigenvalue weighted by atomic mass is 32.2. The Labute approximate surface area is 116 Å². The van der Waals surface area contributed by atoms with Crippen LogP contribution in [-0.2, 0) is 11.2 Å². The first-order valence-corrected chi connectivity index (χ1v) is 7.33. The van der Waals surface area contributed by atoms with Crippen LogP contribution in [0.4, 0.5) is 0 Å². The third-order valence-corrected chi connectivity index (χ3v) is 3.98. The van der Waals surface area contributed by atoms with E-state index in [2.05, 4.69) is 27.2 Å². The number of carbonyl (C=O) groups is 1. The summed E-state index contributed by atoms with van der Waals surface area (Å²) in [5.74, 6) is 0.0590. The maximum absolute atomic E-state index is 10.7. The van der Waals surface area contributed by atoms with Crippen LogP contribution in [-0.4, -0.2) is 69.8 Å². The second-order valence-electron chi connectivity index (χ2n) is 4.50. The molecule has 1 N–H and O–H groups in total. The zero-order valence-electron chi connectivity index (χ0n) is 11.2. The van der Waals surface area contributed by atoms with Crippen molar-refractivity contribution in [2.75, 3.05) is 44.0 Å². The van der Waals surface area contributed by atoms with Gasteiger partial charge >= 0.3 is 5.97 Å². The highest BCUT2D eigenvalue weighted by molar-refractivity contribution is 7.99. The van der Waals surface area contributed by atoms with E-state index in [0.29, 0.717) is 5.16 Å². The summed E-state index contributed by atoms with van der Waals surface area (Å²) in [6, 6.07) is 0. The summed E-state index contributed by atoms with van der Waals surface area (Å²) in [6.07, 6.45) is 0.785.